The number of pyridine rings is 1. The largest absolute Gasteiger partial charge is 0.454 e. The third-order valence-corrected chi connectivity index (χ3v) is 5.96. The van der Waals surface area contributed by atoms with E-state index >= 15 is 0 Å². The predicted molar refractivity (Wildman–Crippen MR) is 125 cm³/mol. The van der Waals surface area contributed by atoms with Crippen LogP contribution in [0.1, 0.15) is 25.0 Å². The van der Waals surface area contributed by atoms with Gasteiger partial charge in [0.15, 0.2) is 11.6 Å². The number of aromatic nitrogens is 1. The third kappa shape index (κ3) is 5.26. The number of allylic oxidation sites excluding steroid dienone is 1. The van der Waals surface area contributed by atoms with E-state index in [4.69, 9.17) is 4.74 Å². The van der Waals surface area contributed by atoms with E-state index in [1.807, 2.05) is 6.92 Å². The molecule has 0 amide bonds. The van der Waals surface area contributed by atoms with Crippen LogP contribution in [-0.2, 0) is 23.5 Å². The van der Waals surface area contributed by atoms with Gasteiger partial charge >= 0.3 is 0 Å². The molecule has 32 heavy (non-hydrogen) atoms. The van der Waals surface area contributed by atoms with Gasteiger partial charge in [0.1, 0.15) is 5.75 Å². The highest BCUT2D eigenvalue weighted by atomic mass is 32.2. The number of benzene rings is 2. The van der Waals surface area contributed by atoms with Crippen LogP contribution in [0.2, 0.25) is 0 Å². The van der Waals surface area contributed by atoms with Crippen LogP contribution in [0.15, 0.2) is 64.9 Å². The van der Waals surface area contributed by atoms with E-state index in [2.05, 4.69) is 4.72 Å². The van der Waals surface area contributed by atoms with E-state index in [9.17, 15) is 17.6 Å². The van der Waals surface area contributed by atoms with Crippen molar-refractivity contribution >= 4 is 15.7 Å². The monoisotopic (exact) mass is 456 g/mol. The molecule has 0 saturated carbocycles. The van der Waals surface area contributed by atoms with Gasteiger partial charge in [-0.1, -0.05) is 19.1 Å². The number of rotatable bonds is 7. The maximum absolute atomic E-state index is 14.4. The average Bonchev–Trinajstić information content (AvgIpc) is 2.72. The normalized spacial score (nSPS) is 11.7. The molecule has 0 aliphatic rings. The fourth-order valence-electron chi connectivity index (χ4n) is 3.27. The number of ether oxygens (including phenoxy) is 1. The zero-order valence-electron chi connectivity index (χ0n) is 18.3. The minimum atomic E-state index is -3.68. The van der Waals surface area contributed by atoms with Gasteiger partial charge in [-0.25, -0.2) is 12.8 Å². The topological polar surface area (TPSA) is 77.4 Å². The molecule has 0 aliphatic carbocycles. The summed E-state index contributed by atoms with van der Waals surface area (Å²) in [6, 6.07) is 11.1. The second-order valence-corrected chi connectivity index (χ2v) is 8.95. The van der Waals surface area contributed by atoms with Crippen LogP contribution in [0.4, 0.5) is 10.1 Å². The Morgan fingerprint density at radius 3 is 2.50 bits per heavy atom. The van der Waals surface area contributed by atoms with E-state index in [1.54, 1.807) is 51.4 Å². The van der Waals surface area contributed by atoms with E-state index in [0.717, 1.165) is 11.0 Å². The Balaban J connectivity index is 2.17. The van der Waals surface area contributed by atoms with Gasteiger partial charge in [0, 0.05) is 41.0 Å². The summed E-state index contributed by atoms with van der Waals surface area (Å²) < 4.78 is 48.6. The van der Waals surface area contributed by atoms with Crippen LogP contribution in [0.3, 0.4) is 0 Å². The summed E-state index contributed by atoms with van der Waals surface area (Å²) in [6.45, 7) is 5.26. The Hall–Kier alpha value is -3.39. The van der Waals surface area contributed by atoms with E-state index in [0.29, 0.717) is 34.5 Å². The molecule has 0 spiro atoms. The lowest BCUT2D eigenvalue weighted by Crippen LogP contribution is -2.20. The number of hydrogen-bond acceptors (Lipinski definition) is 4. The summed E-state index contributed by atoms with van der Waals surface area (Å²) >= 11 is 0. The zero-order valence-corrected chi connectivity index (χ0v) is 19.2. The van der Waals surface area contributed by atoms with Crippen LogP contribution in [-0.4, -0.2) is 13.0 Å². The smallest absolute Gasteiger partial charge is 0.254 e. The molecule has 0 saturated heterocycles. The first-order chi connectivity index (χ1) is 15.1. The van der Waals surface area contributed by atoms with Gasteiger partial charge in [0.25, 0.3) is 15.6 Å². The second kappa shape index (κ2) is 9.40. The van der Waals surface area contributed by atoms with Crippen molar-refractivity contribution in [3.05, 3.63) is 87.4 Å². The minimum Gasteiger partial charge on any atom is -0.454 e. The molecular formula is C24H25FN2O4S. The predicted octanol–water partition coefficient (Wildman–Crippen LogP) is 5.13. The van der Waals surface area contributed by atoms with Crippen molar-refractivity contribution in [3.8, 4) is 22.6 Å². The Kier molecular flexibility index (Phi) is 6.84. The minimum absolute atomic E-state index is 0.0413. The fourth-order valence-corrected chi connectivity index (χ4v) is 4.16. The van der Waals surface area contributed by atoms with Crippen molar-refractivity contribution in [1.82, 2.24) is 4.57 Å². The van der Waals surface area contributed by atoms with Crippen LogP contribution >= 0.6 is 0 Å². The Morgan fingerprint density at radius 1 is 1.12 bits per heavy atom. The molecule has 8 heteroatoms. The lowest BCUT2D eigenvalue weighted by molar-refractivity contribution is 0.443. The molecule has 3 rings (SSSR count). The molecule has 1 heterocycles. The number of anilines is 1. The number of nitrogens with zero attached hydrogens (tertiary/aromatic N) is 1. The van der Waals surface area contributed by atoms with E-state index in [-0.39, 0.29) is 11.3 Å². The fraction of sp³-hybridized carbons (Fsp3) is 0.208. The summed E-state index contributed by atoms with van der Waals surface area (Å²) in [6.07, 6.45) is 3.58. The molecular weight excluding hydrogens is 431 g/mol. The summed E-state index contributed by atoms with van der Waals surface area (Å²) in [5, 5.41) is 1.06. The average molecular weight is 457 g/mol. The highest BCUT2D eigenvalue weighted by Crippen LogP contribution is 2.37. The molecule has 2 aromatic carbocycles. The maximum atomic E-state index is 14.4. The molecule has 0 radical (unpaired) electrons. The maximum Gasteiger partial charge on any atom is 0.254 e. The molecule has 1 N–H and O–H groups in total. The van der Waals surface area contributed by atoms with Crippen LogP contribution in [0.25, 0.3) is 11.1 Å². The molecule has 6 nitrogen and oxygen atoms in total. The van der Waals surface area contributed by atoms with E-state index in [1.165, 1.54) is 28.8 Å². The number of hydrogen-bond donors (Lipinski definition) is 1. The van der Waals surface area contributed by atoms with E-state index < -0.39 is 15.8 Å². The van der Waals surface area contributed by atoms with Gasteiger partial charge in [-0.3, -0.25) is 9.52 Å². The second-order valence-electron chi connectivity index (χ2n) is 7.39. The van der Waals surface area contributed by atoms with Crippen LogP contribution in [0.5, 0.6) is 11.5 Å². The van der Waals surface area contributed by atoms with Gasteiger partial charge < -0.3 is 9.30 Å². The first-order valence-electron chi connectivity index (χ1n) is 10.1. The summed E-state index contributed by atoms with van der Waals surface area (Å²) in [4.78, 5) is 12.3. The first-order valence-corrected chi connectivity index (χ1v) is 11.6. The summed E-state index contributed by atoms with van der Waals surface area (Å²) in [5.74, 6) is -0.148. The molecule has 1 aromatic heterocycles. The molecule has 0 unspecified atom stereocenters. The Bertz CT molecular complexity index is 1340. The summed E-state index contributed by atoms with van der Waals surface area (Å²) in [5.41, 5.74) is 2.69. The van der Waals surface area contributed by atoms with Gasteiger partial charge in [-0.15, -0.1) is 0 Å². The van der Waals surface area contributed by atoms with Crippen molar-refractivity contribution in [1.29, 1.82) is 0 Å². The molecule has 0 fully saturated rings. The van der Waals surface area contributed by atoms with Crippen molar-refractivity contribution in [2.24, 2.45) is 7.05 Å². The lowest BCUT2D eigenvalue weighted by Gasteiger charge is -2.16. The number of halogens is 1. The standard InChI is InChI=1S/C24H25FN2O4S/c1-5-11-32(29,30)26-19-8-10-22(31-23-9-7-16(3)12-21(23)25)20(14-19)18-13-17(6-2)24(28)27(4)15-18/h5,7-15,26H,6H2,1-4H3/b11-5+. The molecule has 168 valence electrons. The molecule has 3 aromatic rings. The van der Waals surface area contributed by atoms with Crippen molar-refractivity contribution in [3.63, 3.8) is 0 Å². The van der Waals surface area contributed by atoms with Gasteiger partial charge in [0.05, 0.1) is 0 Å². The number of nitrogens with one attached hydrogen (secondary N) is 1. The summed E-state index contributed by atoms with van der Waals surface area (Å²) in [7, 11) is -2.04. The van der Waals surface area contributed by atoms with Gasteiger partial charge in [-0.2, -0.15) is 0 Å². The first kappa shape index (κ1) is 23.3. The van der Waals surface area contributed by atoms with Crippen molar-refractivity contribution in [2.45, 2.75) is 27.2 Å². The molecule has 0 atom stereocenters. The Labute approximate surface area is 187 Å². The van der Waals surface area contributed by atoms with Crippen molar-refractivity contribution < 1.29 is 17.5 Å². The van der Waals surface area contributed by atoms with Crippen LogP contribution < -0.4 is 15.0 Å². The number of sulfonamides is 1. The zero-order chi connectivity index (χ0) is 23.5. The number of aryl methyl sites for hydroxylation is 3. The highest BCUT2D eigenvalue weighted by Gasteiger charge is 2.15. The van der Waals surface area contributed by atoms with Crippen LogP contribution in [0, 0.1) is 12.7 Å². The highest BCUT2D eigenvalue weighted by molar-refractivity contribution is 7.95. The van der Waals surface area contributed by atoms with Crippen molar-refractivity contribution in [2.75, 3.05) is 4.72 Å². The van der Waals surface area contributed by atoms with Gasteiger partial charge in [0.2, 0.25) is 0 Å². The SMILES string of the molecule is C/C=C/S(=O)(=O)Nc1ccc(Oc2ccc(C)cc2F)c(-c2cc(CC)c(=O)n(C)c2)c1. The molecule has 0 aliphatic heterocycles. The van der Waals surface area contributed by atoms with Gasteiger partial charge in [-0.05, 0) is 62.2 Å². The lowest BCUT2D eigenvalue weighted by atomic mass is 10.0. The Morgan fingerprint density at radius 2 is 1.84 bits per heavy atom. The third-order valence-electron chi connectivity index (χ3n) is 4.81. The molecule has 0 bridgehead atoms. The quantitative estimate of drug-likeness (QED) is 0.535.